The zero-order valence-corrected chi connectivity index (χ0v) is 14.0. The van der Waals surface area contributed by atoms with Gasteiger partial charge in [0, 0.05) is 10.8 Å². The van der Waals surface area contributed by atoms with Crippen molar-refractivity contribution in [3.05, 3.63) is 52.4 Å². The van der Waals surface area contributed by atoms with E-state index >= 15 is 0 Å². The van der Waals surface area contributed by atoms with Crippen LogP contribution in [0.15, 0.2) is 40.6 Å². The molecule has 22 heavy (non-hydrogen) atoms. The topological polar surface area (TPSA) is 63.2 Å². The molecule has 1 amide bonds. The first kappa shape index (κ1) is 15.2. The van der Waals surface area contributed by atoms with E-state index in [0.717, 1.165) is 16.0 Å². The molecule has 0 saturated heterocycles. The highest BCUT2D eigenvalue weighted by Gasteiger charge is 2.45. The van der Waals surface area contributed by atoms with Crippen molar-refractivity contribution in [1.82, 2.24) is 4.72 Å². The maximum Gasteiger partial charge on any atom is 0.273 e. The van der Waals surface area contributed by atoms with Crippen molar-refractivity contribution in [3.63, 3.8) is 0 Å². The second kappa shape index (κ2) is 5.52. The maximum atomic E-state index is 12.2. The number of amides is 1. The lowest BCUT2D eigenvalue weighted by Gasteiger charge is -2.05. The first-order chi connectivity index (χ1) is 10.4. The summed E-state index contributed by atoms with van der Waals surface area (Å²) >= 11 is 1.17. The first-order valence-electron chi connectivity index (χ1n) is 7.06. The number of hydrogen-bond acceptors (Lipinski definition) is 4. The van der Waals surface area contributed by atoms with Crippen molar-refractivity contribution in [3.8, 4) is 0 Å². The molecule has 1 aliphatic rings. The zero-order chi connectivity index (χ0) is 15.9. The molecule has 3 rings (SSSR count). The summed E-state index contributed by atoms with van der Waals surface area (Å²) in [4.78, 5) is 13.1. The van der Waals surface area contributed by atoms with E-state index in [1.165, 1.54) is 17.4 Å². The van der Waals surface area contributed by atoms with Gasteiger partial charge in [-0.15, -0.1) is 11.3 Å². The SMILES string of the molecule is Cc1cccc([C@H]2C[C@H]2C(=O)NS(=O)(=O)c2ccc(C)s2)c1. The molecule has 2 atom stereocenters. The van der Waals surface area contributed by atoms with Crippen LogP contribution in [0, 0.1) is 19.8 Å². The van der Waals surface area contributed by atoms with Crippen LogP contribution in [-0.4, -0.2) is 14.3 Å². The van der Waals surface area contributed by atoms with E-state index in [1.807, 2.05) is 32.0 Å². The summed E-state index contributed by atoms with van der Waals surface area (Å²) in [6.45, 7) is 3.84. The highest BCUT2D eigenvalue weighted by molar-refractivity contribution is 7.92. The molecule has 2 aromatic rings. The van der Waals surface area contributed by atoms with Gasteiger partial charge in [-0.3, -0.25) is 4.79 Å². The van der Waals surface area contributed by atoms with Crippen LogP contribution in [0.4, 0.5) is 0 Å². The minimum absolute atomic E-state index is 0.125. The van der Waals surface area contributed by atoms with Gasteiger partial charge in [0.2, 0.25) is 5.91 Å². The molecule has 1 aromatic carbocycles. The third-order valence-corrected chi connectivity index (χ3v) is 6.65. The van der Waals surface area contributed by atoms with E-state index in [4.69, 9.17) is 0 Å². The number of aryl methyl sites for hydroxylation is 2. The molecule has 1 fully saturated rings. The van der Waals surface area contributed by atoms with Crippen molar-refractivity contribution in [2.75, 3.05) is 0 Å². The molecule has 1 saturated carbocycles. The van der Waals surface area contributed by atoms with E-state index < -0.39 is 15.9 Å². The molecule has 0 bridgehead atoms. The Morgan fingerprint density at radius 2 is 2.00 bits per heavy atom. The van der Waals surface area contributed by atoms with Gasteiger partial charge in [-0.1, -0.05) is 29.8 Å². The fourth-order valence-corrected chi connectivity index (χ4v) is 4.88. The Bertz CT molecular complexity index is 823. The monoisotopic (exact) mass is 335 g/mol. The largest absolute Gasteiger partial charge is 0.274 e. The van der Waals surface area contributed by atoms with Crippen LogP contribution >= 0.6 is 11.3 Å². The van der Waals surface area contributed by atoms with Crippen LogP contribution in [-0.2, 0) is 14.8 Å². The van der Waals surface area contributed by atoms with E-state index in [9.17, 15) is 13.2 Å². The number of carbonyl (C=O) groups excluding carboxylic acids is 1. The molecular formula is C16H17NO3S2. The highest BCUT2D eigenvalue weighted by atomic mass is 32.2. The average molecular weight is 335 g/mol. The molecular weight excluding hydrogens is 318 g/mol. The fourth-order valence-electron chi connectivity index (χ4n) is 2.57. The molecule has 1 aromatic heterocycles. The highest BCUT2D eigenvalue weighted by Crippen LogP contribution is 2.47. The van der Waals surface area contributed by atoms with Crippen molar-refractivity contribution in [1.29, 1.82) is 0 Å². The van der Waals surface area contributed by atoms with Gasteiger partial charge >= 0.3 is 0 Å². The molecule has 0 spiro atoms. The quantitative estimate of drug-likeness (QED) is 0.934. The summed E-state index contributed by atoms with van der Waals surface area (Å²) in [7, 11) is -3.74. The summed E-state index contributed by atoms with van der Waals surface area (Å²) < 4.78 is 26.7. The van der Waals surface area contributed by atoms with Crippen molar-refractivity contribution >= 4 is 27.3 Å². The van der Waals surface area contributed by atoms with Crippen LogP contribution < -0.4 is 4.72 Å². The Balaban J connectivity index is 1.69. The number of benzene rings is 1. The van der Waals surface area contributed by atoms with Gasteiger partial charge in [0.05, 0.1) is 0 Å². The van der Waals surface area contributed by atoms with Crippen molar-refractivity contribution in [2.45, 2.75) is 30.4 Å². The van der Waals surface area contributed by atoms with E-state index in [0.29, 0.717) is 6.42 Å². The Kier molecular flexibility index (Phi) is 3.82. The number of rotatable bonds is 4. The van der Waals surface area contributed by atoms with Gasteiger partial charge in [0.1, 0.15) is 4.21 Å². The van der Waals surface area contributed by atoms with Crippen LogP contribution in [0.3, 0.4) is 0 Å². The van der Waals surface area contributed by atoms with Crippen LogP contribution in [0.25, 0.3) is 0 Å². The van der Waals surface area contributed by atoms with Gasteiger partial charge in [0.25, 0.3) is 10.0 Å². The summed E-state index contributed by atoms with van der Waals surface area (Å²) in [5.74, 6) is -0.532. The zero-order valence-electron chi connectivity index (χ0n) is 12.4. The molecule has 6 heteroatoms. The first-order valence-corrected chi connectivity index (χ1v) is 9.36. The molecule has 4 nitrogen and oxygen atoms in total. The fraction of sp³-hybridized carbons (Fsp3) is 0.312. The second-order valence-electron chi connectivity index (χ2n) is 5.70. The molecule has 116 valence electrons. The Labute approximate surface area is 134 Å². The number of nitrogens with one attached hydrogen (secondary N) is 1. The number of thiophene rings is 1. The Morgan fingerprint density at radius 3 is 2.64 bits per heavy atom. The second-order valence-corrected chi connectivity index (χ2v) is 8.89. The average Bonchev–Trinajstić information content (AvgIpc) is 3.13. The molecule has 1 aliphatic carbocycles. The summed E-state index contributed by atoms with van der Waals surface area (Å²) in [5.41, 5.74) is 2.25. The third-order valence-electron chi connectivity index (χ3n) is 3.81. The molecule has 0 unspecified atom stereocenters. The Hall–Kier alpha value is -1.66. The van der Waals surface area contributed by atoms with Crippen molar-refractivity contribution in [2.24, 2.45) is 5.92 Å². The minimum atomic E-state index is -3.74. The lowest BCUT2D eigenvalue weighted by atomic mass is 10.1. The lowest BCUT2D eigenvalue weighted by molar-refractivity contribution is -0.120. The molecule has 1 N–H and O–H groups in total. The van der Waals surface area contributed by atoms with Gasteiger partial charge in [0.15, 0.2) is 0 Å². The van der Waals surface area contributed by atoms with Gasteiger partial charge < -0.3 is 0 Å². The number of carbonyl (C=O) groups is 1. The molecule has 1 heterocycles. The van der Waals surface area contributed by atoms with E-state index in [1.54, 1.807) is 6.07 Å². The van der Waals surface area contributed by atoms with Crippen LogP contribution in [0.1, 0.15) is 28.3 Å². The summed E-state index contributed by atoms with van der Waals surface area (Å²) in [6, 6.07) is 11.3. The minimum Gasteiger partial charge on any atom is -0.274 e. The van der Waals surface area contributed by atoms with Crippen molar-refractivity contribution < 1.29 is 13.2 Å². The standard InChI is InChI=1S/C16H17NO3S2/c1-10-4-3-5-12(8-10)13-9-14(13)16(18)17-22(19,20)15-7-6-11(2)21-15/h3-8,13-14H,9H2,1-2H3,(H,17,18)/t13-,14-/m1/s1. The molecule has 0 aliphatic heterocycles. The van der Waals surface area contributed by atoms with Crippen LogP contribution in [0.2, 0.25) is 0 Å². The smallest absolute Gasteiger partial charge is 0.273 e. The Morgan fingerprint density at radius 1 is 1.23 bits per heavy atom. The summed E-state index contributed by atoms with van der Waals surface area (Å²) in [6.07, 6.45) is 0.703. The van der Waals surface area contributed by atoms with Gasteiger partial charge in [-0.05, 0) is 43.9 Å². The van der Waals surface area contributed by atoms with Gasteiger partial charge in [-0.25, -0.2) is 13.1 Å². The van der Waals surface area contributed by atoms with Gasteiger partial charge in [-0.2, -0.15) is 0 Å². The number of sulfonamides is 1. The normalized spacial score (nSPS) is 20.6. The number of hydrogen-bond donors (Lipinski definition) is 1. The van der Waals surface area contributed by atoms with E-state index in [2.05, 4.69) is 10.8 Å². The van der Waals surface area contributed by atoms with Crippen LogP contribution in [0.5, 0.6) is 0 Å². The predicted octanol–water partition coefficient (Wildman–Crippen LogP) is 2.97. The predicted molar refractivity (Wildman–Crippen MR) is 86.4 cm³/mol. The summed E-state index contributed by atoms with van der Waals surface area (Å²) in [5, 5.41) is 0. The van der Waals surface area contributed by atoms with E-state index in [-0.39, 0.29) is 16.0 Å². The lowest BCUT2D eigenvalue weighted by Crippen LogP contribution is -2.31. The third kappa shape index (κ3) is 3.08. The maximum absolute atomic E-state index is 12.2. The molecule has 0 radical (unpaired) electrons.